The van der Waals surface area contributed by atoms with Crippen LogP contribution in [0.4, 0.5) is 0 Å². The van der Waals surface area contributed by atoms with Crippen molar-refractivity contribution < 1.29 is 39.5 Å². The lowest BCUT2D eigenvalue weighted by atomic mass is 9.99. The lowest BCUT2D eigenvalue weighted by Gasteiger charge is -2.39. The number of hydrogen-bond donors (Lipinski definition) is 5. The number of ether oxygens (including phenoxy) is 2. The van der Waals surface area contributed by atoms with Crippen molar-refractivity contribution in [3.05, 3.63) is 11.9 Å². The first kappa shape index (κ1) is 50.0. The predicted molar refractivity (Wildman–Crippen MR) is 220 cm³/mol. The van der Waals surface area contributed by atoms with Gasteiger partial charge >= 0.3 is 0 Å². The van der Waals surface area contributed by atoms with Gasteiger partial charge in [0.15, 0.2) is 6.29 Å². The van der Waals surface area contributed by atoms with Crippen LogP contribution in [0.3, 0.4) is 0 Å². The second-order valence-electron chi connectivity index (χ2n) is 16.1. The molecule has 0 spiro atoms. The summed E-state index contributed by atoms with van der Waals surface area (Å²) < 4.78 is 12.3. The molecule has 1 aromatic heterocycles. The monoisotopic (exact) mass is 796 g/mol. The van der Waals surface area contributed by atoms with Crippen molar-refractivity contribution in [2.45, 2.75) is 225 Å². The maximum atomic E-state index is 13.5. The van der Waals surface area contributed by atoms with Gasteiger partial charge in [-0.1, -0.05) is 173 Å². The number of carbonyl (C=O) groups excluding carboxylic acids is 2. The van der Waals surface area contributed by atoms with Crippen LogP contribution in [0, 0.1) is 0 Å². The third-order valence-corrected chi connectivity index (χ3v) is 10.9. The molecule has 56 heavy (non-hydrogen) atoms. The number of nitrogens with zero attached hydrogens (tertiary/aromatic N) is 4. The molecule has 326 valence electrons. The van der Waals surface area contributed by atoms with E-state index < -0.39 is 37.3 Å². The van der Waals surface area contributed by atoms with Crippen molar-refractivity contribution >= 4 is 11.8 Å². The number of aliphatic hydroxyl groups is 4. The predicted octanol–water partition coefficient (Wildman–Crippen LogP) is 6.72. The van der Waals surface area contributed by atoms with Crippen molar-refractivity contribution in [3.63, 3.8) is 0 Å². The van der Waals surface area contributed by atoms with Gasteiger partial charge < -0.3 is 40.1 Å². The van der Waals surface area contributed by atoms with Gasteiger partial charge in [-0.25, -0.2) is 4.68 Å². The zero-order valence-corrected chi connectivity index (χ0v) is 35.3. The van der Waals surface area contributed by atoms with E-state index in [4.69, 9.17) is 9.47 Å². The van der Waals surface area contributed by atoms with E-state index in [0.29, 0.717) is 18.8 Å². The summed E-state index contributed by atoms with van der Waals surface area (Å²) in [7, 11) is 0. The second kappa shape index (κ2) is 32.8. The van der Waals surface area contributed by atoms with E-state index in [2.05, 4.69) is 29.5 Å². The van der Waals surface area contributed by atoms with Crippen LogP contribution in [0.15, 0.2) is 6.20 Å². The zero-order valence-electron chi connectivity index (χ0n) is 35.3. The number of unbranched alkanes of at least 4 members (excludes halogenated alkanes) is 24. The minimum absolute atomic E-state index is 0.00308. The number of nitrogens with one attached hydrogen (secondary N) is 1. The standard InChI is InChI=1S/C43H81N5O8/c1-3-5-7-9-11-13-15-16-17-18-19-20-21-23-25-27-29-44-38(50)32-47(30-28-26-24-22-14-12-10-8-6-4-2)39(51)33-48-31-36(45-46-48)35-55-43-42(54)41(53)40(52)37(34-49)56-43/h31,37,40-43,49,52-54H,3-30,32-35H2,1-2H3,(H,44,50)/t37-,40-,41+,42-,43-/m1/s1. The average Bonchev–Trinajstić information content (AvgIpc) is 3.65. The summed E-state index contributed by atoms with van der Waals surface area (Å²) in [5.41, 5.74) is 0.354. The molecule has 0 saturated carbocycles. The molecule has 2 rings (SSSR count). The van der Waals surface area contributed by atoms with E-state index in [9.17, 15) is 30.0 Å². The number of aliphatic hydroxyl groups excluding tert-OH is 4. The van der Waals surface area contributed by atoms with Crippen LogP contribution in [-0.4, -0.2) is 109 Å². The summed E-state index contributed by atoms with van der Waals surface area (Å²) in [6, 6.07) is 0. The van der Waals surface area contributed by atoms with E-state index in [-0.39, 0.29) is 31.5 Å². The van der Waals surface area contributed by atoms with E-state index >= 15 is 0 Å². The first-order chi connectivity index (χ1) is 27.3. The Kier molecular flexibility index (Phi) is 29.2. The molecule has 1 aliphatic heterocycles. The van der Waals surface area contributed by atoms with Crippen LogP contribution in [0.1, 0.15) is 186 Å². The van der Waals surface area contributed by atoms with E-state index in [1.165, 1.54) is 146 Å². The topological polar surface area (TPSA) is 180 Å². The average molecular weight is 796 g/mol. The molecule has 0 bridgehead atoms. The molecule has 1 fully saturated rings. The molecule has 1 aliphatic rings. The molecule has 0 radical (unpaired) electrons. The molecule has 1 aromatic rings. The lowest BCUT2D eigenvalue weighted by Crippen LogP contribution is -2.59. The third-order valence-electron chi connectivity index (χ3n) is 10.9. The lowest BCUT2D eigenvalue weighted by molar-refractivity contribution is -0.304. The van der Waals surface area contributed by atoms with Gasteiger partial charge in [-0.2, -0.15) is 0 Å². The number of carbonyl (C=O) groups is 2. The summed E-state index contributed by atoms with van der Waals surface area (Å²) in [5.74, 6) is -0.386. The number of amides is 2. The highest BCUT2D eigenvalue weighted by Gasteiger charge is 2.44. The minimum atomic E-state index is -1.55. The molecule has 1 saturated heterocycles. The van der Waals surface area contributed by atoms with Crippen LogP contribution in [0.25, 0.3) is 0 Å². The fourth-order valence-electron chi connectivity index (χ4n) is 7.31. The van der Waals surface area contributed by atoms with E-state index in [1.54, 1.807) is 4.90 Å². The van der Waals surface area contributed by atoms with Gasteiger partial charge in [0, 0.05) is 13.1 Å². The van der Waals surface area contributed by atoms with Crippen LogP contribution in [-0.2, 0) is 32.2 Å². The minimum Gasteiger partial charge on any atom is -0.394 e. The summed E-state index contributed by atoms with van der Waals surface area (Å²) in [4.78, 5) is 28.0. The summed E-state index contributed by atoms with van der Waals surface area (Å²) in [6.45, 7) is 4.79. The molecule has 0 unspecified atom stereocenters. The first-order valence-corrected chi connectivity index (χ1v) is 22.7. The second-order valence-corrected chi connectivity index (χ2v) is 16.1. The highest BCUT2D eigenvalue weighted by Crippen LogP contribution is 2.23. The van der Waals surface area contributed by atoms with Crippen molar-refractivity contribution in [1.82, 2.24) is 25.2 Å². The van der Waals surface area contributed by atoms with E-state index in [0.717, 1.165) is 32.1 Å². The van der Waals surface area contributed by atoms with Crippen molar-refractivity contribution in [2.75, 3.05) is 26.2 Å². The Morgan fingerprint density at radius 3 is 1.70 bits per heavy atom. The Balaban J connectivity index is 1.70. The normalized spacial score (nSPS) is 19.7. The van der Waals surface area contributed by atoms with Gasteiger partial charge in [0.25, 0.3) is 0 Å². The molecule has 13 nitrogen and oxygen atoms in total. The Bertz CT molecular complexity index is 1110. The largest absolute Gasteiger partial charge is 0.394 e. The van der Waals surface area contributed by atoms with E-state index in [1.807, 2.05) is 0 Å². The van der Waals surface area contributed by atoms with Crippen LogP contribution in [0.5, 0.6) is 0 Å². The Morgan fingerprint density at radius 1 is 0.714 bits per heavy atom. The molecule has 5 N–H and O–H groups in total. The Morgan fingerprint density at radius 2 is 1.20 bits per heavy atom. The van der Waals surface area contributed by atoms with Crippen LogP contribution >= 0.6 is 0 Å². The maximum Gasteiger partial charge on any atom is 0.244 e. The molecule has 0 aromatic carbocycles. The molecule has 5 atom stereocenters. The number of rotatable bonds is 36. The molecule has 2 amide bonds. The Hall–Kier alpha value is -2.16. The number of hydrogen-bond acceptors (Lipinski definition) is 10. The first-order valence-electron chi connectivity index (χ1n) is 22.7. The van der Waals surface area contributed by atoms with Crippen molar-refractivity contribution in [1.29, 1.82) is 0 Å². The van der Waals surface area contributed by atoms with Crippen molar-refractivity contribution in [3.8, 4) is 0 Å². The molecule has 0 aliphatic carbocycles. The zero-order chi connectivity index (χ0) is 40.6. The quantitative estimate of drug-likeness (QED) is 0.0458. The summed E-state index contributed by atoms with van der Waals surface area (Å²) in [6.07, 6.45) is 27.3. The molecule has 2 heterocycles. The van der Waals surface area contributed by atoms with Crippen LogP contribution < -0.4 is 5.32 Å². The van der Waals surface area contributed by atoms with Gasteiger partial charge in [0.2, 0.25) is 11.8 Å². The molecular formula is C43H81N5O8. The highest BCUT2D eigenvalue weighted by molar-refractivity contribution is 5.84. The summed E-state index contributed by atoms with van der Waals surface area (Å²) in [5, 5.41) is 50.8. The van der Waals surface area contributed by atoms with Gasteiger partial charge in [-0.15, -0.1) is 5.10 Å². The van der Waals surface area contributed by atoms with Gasteiger partial charge in [-0.3, -0.25) is 9.59 Å². The smallest absolute Gasteiger partial charge is 0.244 e. The number of aromatic nitrogens is 3. The SMILES string of the molecule is CCCCCCCCCCCCCCCCCCNC(=O)CN(CCCCCCCCCCCC)C(=O)Cn1cc(CO[C@@H]2O[C@H](CO)[C@@H](O)[C@H](O)[C@H]2O)nn1. The molecular weight excluding hydrogens is 715 g/mol. The fourth-order valence-corrected chi connectivity index (χ4v) is 7.31. The third kappa shape index (κ3) is 22.7. The maximum absolute atomic E-state index is 13.5. The molecule has 13 heteroatoms. The van der Waals surface area contributed by atoms with Gasteiger partial charge in [0.1, 0.15) is 36.7 Å². The van der Waals surface area contributed by atoms with Crippen LogP contribution in [0.2, 0.25) is 0 Å². The highest BCUT2D eigenvalue weighted by atomic mass is 16.7. The van der Waals surface area contributed by atoms with Gasteiger partial charge in [0.05, 0.1) is 26.0 Å². The Labute approximate surface area is 338 Å². The fraction of sp³-hybridized carbons (Fsp3) is 0.907. The van der Waals surface area contributed by atoms with Gasteiger partial charge in [-0.05, 0) is 12.8 Å². The van der Waals surface area contributed by atoms with Crippen molar-refractivity contribution in [2.24, 2.45) is 0 Å². The summed E-state index contributed by atoms with van der Waals surface area (Å²) >= 11 is 0.